The van der Waals surface area contributed by atoms with Gasteiger partial charge in [0.2, 0.25) is 0 Å². The molecule has 2 unspecified atom stereocenters. The molecule has 0 N–H and O–H groups in total. The Morgan fingerprint density at radius 1 is 0.525 bits per heavy atom. The minimum absolute atomic E-state index is 0.535. The first-order valence-corrected chi connectivity index (χ1v) is 20.5. The van der Waals surface area contributed by atoms with Gasteiger partial charge in [-0.1, -0.05) is 95.2 Å². The molecule has 0 aromatic rings. The van der Waals surface area contributed by atoms with Crippen molar-refractivity contribution in [2.75, 3.05) is 103 Å². The second-order valence-electron chi connectivity index (χ2n) is 11.2. The number of hydrogen-bond donors (Lipinski definition) is 0. The second-order valence-corrected chi connectivity index (χ2v) is 17.4. The van der Waals surface area contributed by atoms with Crippen LogP contribution in [-0.4, -0.2) is 142 Å². The van der Waals surface area contributed by atoms with Gasteiger partial charge in [-0.15, -0.1) is 0 Å². The Bertz CT molecular complexity index is 666. The summed E-state index contributed by atoms with van der Waals surface area (Å²) >= 11 is 15.7. The Hall–Kier alpha value is 1.02. The van der Waals surface area contributed by atoms with Gasteiger partial charge in [0.15, 0.2) is 0 Å². The van der Waals surface area contributed by atoms with E-state index in [1.807, 2.05) is 23.5 Å². The number of rotatable bonds is 11. The zero-order valence-electron chi connectivity index (χ0n) is 24.2. The van der Waals surface area contributed by atoms with Gasteiger partial charge in [-0.05, 0) is 25.7 Å². The van der Waals surface area contributed by atoms with E-state index in [-0.39, 0.29) is 0 Å². The molecular formula is C28H50N4O2S6. The van der Waals surface area contributed by atoms with Gasteiger partial charge in [-0.25, -0.2) is 0 Å². The summed E-state index contributed by atoms with van der Waals surface area (Å²) < 4.78 is 13.5. The van der Waals surface area contributed by atoms with Crippen LogP contribution in [0.3, 0.4) is 0 Å². The van der Waals surface area contributed by atoms with Crippen molar-refractivity contribution in [1.82, 2.24) is 19.6 Å². The van der Waals surface area contributed by atoms with E-state index in [2.05, 4.69) is 41.2 Å². The van der Waals surface area contributed by atoms with E-state index in [9.17, 15) is 0 Å². The maximum Gasteiger partial charge on any atom is 0.136 e. The zero-order valence-corrected chi connectivity index (χ0v) is 29.1. The van der Waals surface area contributed by atoms with Crippen LogP contribution < -0.4 is 0 Å². The number of morpholine rings is 2. The Labute approximate surface area is 270 Å². The molecule has 0 aromatic carbocycles. The molecule has 0 bridgehead atoms. The quantitative estimate of drug-likeness (QED) is 0.205. The molecule has 2 atom stereocenters. The average molecular weight is 667 g/mol. The first kappa shape index (κ1) is 33.9. The molecule has 0 aromatic heterocycles. The molecule has 0 aliphatic carbocycles. The highest BCUT2D eigenvalue weighted by atomic mass is 33.1. The molecular weight excluding hydrogens is 617 g/mol. The van der Waals surface area contributed by atoms with Crippen LogP contribution in [0.1, 0.15) is 51.4 Å². The Kier molecular flexibility index (Phi) is 17.1. The summed E-state index contributed by atoms with van der Waals surface area (Å²) in [5.74, 6) is 2.15. The van der Waals surface area contributed by atoms with Gasteiger partial charge in [-0.3, -0.25) is 9.80 Å². The molecule has 0 amide bonds. The average Bonchev–Trinajstić information content (AvgIpc) is 3.44. The lowest BCUT2D eigenvalue weighted by atomic mass is 10.2. The van der Waals surface area contributed by atoms with Crippen molar-refractivity contribution in [2.45, 2.75) is 61.9 Å². The molecule has 0 radical (unpaired) electrons. The second kappa shape index (κ2) is 20.1. The van der Waals surface area contributed by atoms with E-state index in [1.165, 1.54) is 51.4 Å². The molecule has 4 saturated heterocycles. The van der Waals surface area contributed by atoms with E-state index in [1.54, 1.807) is 0 Å². The third-order valence-electron chi connectivity index (χ3n) is 7.97. The Balaban J connectivity index is 1.32. The minimum atomic E-state index is 0.535. The summed E-state index contributed by atoms with van der Waals surface area (Å²) in [5.41, 5.74) is 0. The molecule has 40 heavy (non-hydrogen) atoms. The number of nitrogens with zero attached hydrogens (tertiary/aromatic N) is 4. The molecule has 6 nitrogen and oxygen atoms in total. The fraction of sp³-hybridized carbons (Fsp3) is 0.929. The monoisotopic (exact) mass is 666 g/mol. The minimum Gasteiger partial charge on any atom is -0.379 e. The highest BCUT2D eigenvalue weighted by molar-refractivity contribution is 8.77. The van der Waals surface area contributed by atoms with Crippen molar-refractivity contribution >= 4 is 78.2 Å². The van der Waals surface area contributed by atoms with Crippen LogP contribution in [0.4, 0.5) is 0 Å². The van der Waals surface area contributed by atoms with Crippen molar-refractivity contribution in [3.05, 3.63) is 0 Å². The van der Waals surface area contributed by atoms with Crippen LogP contribution in [0.25, 0.3) is 0 Å². The van der Waals surface area contributed by atoms with Gasteiger partial charge in [0, 0.05) is 87.5 Å². The zero-order chi connectivity index (χ0) is 27.8. The van der Waals surface area contributed by atoms with Crippen LogP contribution in [0.5, 0.6) is 0 Å². The standard InChI is InChI=1S/C28H50N4O2S6/c35-27(31-9-5-1-2-6-10-31)37-23-25(21-29-13-17-33-18-14-29)39-40-26(22-30-15-19-34-20-16-30)24-38-28(36)32-11-7-3-4-8-12-32/h25-26H,1-24H2. The van der Waals surface area contributed by atoms with Crippen molar-refractivity contribution < 1.29 is 9.47 Å². The lowest BCUT2D eigenvalue weighted by Crippen LogP contribution is -2.42. The van der Waals surface area contributed by atoms with Crippen LogP contribution in [0.15, 0.2) is 0 Å². The molecule has 4 heterocycles. The number of thiocarbonyl (C=S) groups is 2. The van der Waals surface area contributed by atoms with Gasteiger partial charge in [0.05, 0.1) is 26.4 Å². The first-order valence-electron chi connectivity index (χ1n) is 15.4. The predicted octanol–water partition coefficient (Wildman–Crippen LogP) is 5.56. The molecule has 4 fully saturated rings. The molecule has 4 rings (SSSR count). The smallest absolute Gasteiger partial charge is 0.136 e. The van der Waals surface area contributed by atoms with E-state index in [0.29, 0.717) is 10.5 Å². The van der Waals surface area contributed by atoms with Crippen LogP contribution in [-0.2, 0) is 9.47 Å². The molecule has 0 saturated carbocycles. The van der Waals surface area contributed by atoms with Gasteiger partial charge in [-0.2, -0.15) is 0 Å². The number of ether oxygens (including phenoxy) is 2. The van der Waals surface area contributed by atoms with Gasteiger partial charge in [0.25, 0.3) is 0 Å². The van der Waals surface area contributed by atoms with Gasteiger partial charge in [0.1, 0.15) is 8.64 Å². The van der Waals surface area contributed by atoms with Crippen molar-refractivity contribution in [2.24, 2.45) is 0 Å². The van der Waals surface area contributed by atoms with Gasteiger partial charge >= 0.3 is 0 Å². The van der Waals surface area contributed by atoms with Crippen molar-refractivity contribution in [3.63, 3.8) is 0 Å². The number of thioether (sulfide) groups is 2. The summed E-state index contributed by atoms with van der Waals surface area (Å²) in [6.45, 7) is 14.4. The number of likely N-dealkylation sites (tertiary alicyclic amines) is 2. The molecule has 230 valence electrons. The molecule has 4 aliphatic heterocycles. The largest absolute Gasteiger partial charge is 0.379 e. The van der Waals surface area contributed by atoms with Gasteiger partial charge < -0.3 is 19.3 Å². The third-order valence-corrected chi connectivity index (χ3v) is 15.0. The normalized spacial score (nSPS) is 23.8. The van der Waals surface area contributed by atoms with Crippen molar-refractivity contribution in [1.29, 1.82) is 0 Å². The summed E-state index contributed by atoms with van der Waals surface area (Å²) in [6.07, 6.45) is 10.5. The SMILES string of the molecule is S=C(SCC(CN1CCOCC1)SSC(CSC(=S)N1CCCCCC1)CN1CCOCC1)N1CCCCCC1. The molecule has 0 spiro atoms. The third kappa shape index (κ3) is 12.9. The summed E-state index contributed by atoms with van der Waals surface area (Å²) in [6, 6.07) is 0. The predicted molar refractivity (Wildman–Crippen MR) is 187 cm³/mol. The molecule has 4 aliphatic rings. The highest BCUT2D eigenvalue weighted by Crippen LogP contribution is 2.36. The lowest BCUT2D eigenvalue weighted by molar-refractivity contribution is 0.0386. The topological polar surface area (TPSA) is 31.4 Å². The van der Waals surface area contributed by atoms with Crippen LogP contribution in [0.2, 0.25) is 0 Å². The summed E-state index contributed by atoms with van der Waals surface area (Å²) in [4.78, 5) is 10.1. The maximum absolute atomic E-state index is 5.94. The van der Waals surface area contributed by atoms with E-state index in [4.69, 9.17) is 33.9 Å². The Morgan fingerprint density at radius 2 is 0.875 bits per heavy atom. The fourth-order valence-electron chi connectivity index (χ4n) is 5.54. The summed E-state index contributed by atoms with van der Waals surface area (Å²) in [5, 5.41) is 1.07. The maximum atomic E-state index is 5.94. The lowest BCUT2D eigenvalue weighted by Gasteiger charge is -2.33. The fourth-order valence-corrected chi connectivity index (χ4v) is 11.9. The Morgan fingerprint density at radius 3 is 1.23 bits per heavy atom. The summed E-state index contributed by atoms with van der Waals surface area (Å²) in [7, 11) is 4.20. The van der Waals surface area contributed by atoms with E-state index in [0.717, 1.165) is 112 Å². The number of hydrogen-bond acceptors (Lipinski definition) is 10. The van der Waals surface area contributed by atoms with E-state index < -0.39 is 0 Å². The van der Waals surface area contributed by atoms with Crippen LogP contribution >= 0.6 is 69.5 Å². The van der Waals surface area contributed by atoms with Crippen LogP contribution in [0, 0.1) is 0 Å². The van der Waals surface area contributed by atoms with Crippen molar-refractivity contribution in [3.8, 4) is 0 Å². The van der Waals surface area contributed by atoms with E-state index >= 15 is 0 Å². The molecule has 12 heteroatoms. The highest BCUT2D eigenvalue weighted by Gasteiger charge is 2.25. The first-order chi connectivity index (χ1) is 19.7.